The highest BCUT2D eigenvalue weighted by atomic mass is 32.2. The van der Waals surface area contributed by atoms with Crippen molar-refractivity contribution < 1.29 is 18.3 Å². The predicted octanol–water partition coefficient (Wildman–Crippen LogP) is 4.52. The smallest absolute Gasteiger partial charge is 0.252 e. The van der Waals surface area contributed by atoms with Crippen LogP contribution in [0, 0.1) is 13.8 Å². The predicted molar refractivity (Wildman–Crippen MR) is 151 cm³/mol. The minimum atomic E-state index is -3.23. The first kappa shape index (κ1) is 27.9. The zero-order valence-electron chi connectivity index (χ0n) is 22.9. The molecule has 0 aliphatic carbocycles. The van der Waals surface area contributed by atoms with Crippen LogP contribution >= 0.6 is 0 Å². The number of anilines is 1. The van der Waals surface area contributed by atoms with Crippen molar-refractivity contribution in [3.8, 4) is 22.6 Å². The van der Waals surface area contributed by atoms with Gasteiger partial charge in [0.25, 0.3) is 5.56 Å². The van der Waals surface area contributed by atoms with Crippen LogP contribution in [0.15, 0.2) is 53.5 Å². The summed E-state index contributed by atoms with van der Waals surface area (Å²) in [6.45, 7) is 8.29. The van der Waals surface area contributed by atoms with E-state index in [1.165, 1.54) is 15.1 Å². The van der Waals surface area contributed by atoms with E-state index in [1.807, 2.05) is 50.2 Å². The van der Waals surface area contributed by atoms with Crippen molar-refractivity contribution in [3.05, 3.63) is 75.7 Å². The second kappa shape index (κ2) is 10.6. The molecule has 0 amide bonds. The molecule has 204 valence electrons. The first-order valence-corrected chi connectivity index (χ1v) is 14.6. The summed E-state index contributed by atoms with van der Waals surface area (Å²) in [5.41, 5.74) is 3.59. The molecule has 1 aliphatic heterocycles. The zero-order chi connectivity index (χ0) is 27.8. The summed E-state index contributed by atoms with van der Waals surface area (Å²) < 4.78 is 33.4. The topological polar surface area (TPSA) is 101 Å². The number of aryl methyl sites for hydroxylation is 3. The summed E-state index contributed by atoms with van der Waals surface area (Å²) in [6, 6.07) is 13.2. The Labute approximate surface area is 224 Å². The van der Waals surface area contributed by atoms with Gasteiger partial charge in [0.15, 0.2) is 0 Å². The monoisotopic (exact) mass is 539 g/mol. The molecule has 2 heterocycles. The lowest BCUT2D eigenvalue weighted by Crippen LogP contribution is -2.42. The molecular weight excluding hydrogens is 502 g/mol. The van der Waals surface area contributed by atoms with E-state index in [-0.39, 0.29) is 11.6 Å². The fourth-order valence-corrected chi connectivity index (χ4v) is 5.67. The van der Waals surface area contributed by atoms with Gasteiger partial charge in [0.1, 0.15) is 11.5 Å². The standard InChI is InChI=1S/C29H37N3O5S/c1-19-8-7-9-20(2)28(19)37-26-11-10-21(29(3,4)34)16-23(26)24-18-31(5)27(33)17-25(24)30-22-12-14-32(15-13-22)38(6,35)36/h7-11,16-18,22,30,34H,12-15H2,1-6H3. The highest BCUT2D eigenvalue weighted by Gasteiger charge is 2.26. The van der Waals surface area contributed by atoms with Crippen LogP contribution in [-0.4, -0.2) is 47.8 Å². The molecule has 2 N–H and O–H groups in total. The number of rotatable bonds is 7. The van der Waals surface area contributed by atoms with Gasteiger partial charge >= 0.3 is 0 Å². The van der Waals surface area contributed by atoms with E-state index < -0.39 is 15.6 Å². The molecule has 9 heteroatoms. The van der Waals surface area contributed by atoms with Crippen molar-refractivity contribution >= 4 is 15.7 Å². The van der Waals surface area contributed by atoms with Gasteiger partial charge in [-0.1, -0.05) is 24.3 Å². The van der Waals surface area contributed by atoms with Gasteiger partial charge in [0, 0.05) is 55.3 Å². The van der Waals surface area contributed by atoms with Gasteiger partial charge in [-0.2, -0.15) is 0 Å². The molecule has 1 aliphatic rings. The van der Waals surface area contributed by atoms with Gasteiger partial charge in [0.2, 0.25) is 10.0 Å². The number of ether oxygens (including phenoxy) is 1. The van der Waals surface area contributed by atoms with Crippen molar-refractivity contribution in [3.63, 3.8) is 0 Å². The van der Waals surface area contributed by atoms with Crippen LogP contribution in [0.2, 0.25) is 0 Å². The molecular formula is C29H37N3O5S. The fraction of sp³-hybridized carbons (Fsp3) is 0.414. The van der Waals surface area contributed by atoms with Gasteiger partial charge < -0.3 is 19.7 Å². The van der Waals surface area contributed by atoms with Gasteiger partial charge in [-0.3, -0.25) is 4.79 Å². The van der Waals surface area contributed by atoms with E-state index in [4.69, 9.17) is 4.74 Å². The van der Waals surface area contributed by atoms with Gasteiger partial charge in [-0.25, -0.2) is 12.7 Å². The van der Waals surface area contributed by atoms with E-state index in [0.717, 1.165) is 28.0 Å². The van der Waals surface area contributed by atoms with E-state index in [0.29, 0.717) is 42.9 Å². The third kappa shape index (κ3) is 6.11. The lowest BCUT2D eigenvalue weighted by atomic mass is 9.93. The summed E-state index contributed by atoms with van der Waals surface area (Å²) in [7, 11) is -1.53. The number of para-hydroxylation sites is 1. The minimum Gasteiger partial charge on any atom is -0.456 e. The molecule has 1 saturated heterocycles. The van der Waals surface area contributed by atoms with Gasteiger partial charge in [-0.05, 0) is 69.4 Å². The Hall–Kier alpha value is -3.14. The van der Waals surface area contributed by atoms with Crippen molar-refractivity contribution in [1.82, 2.24) is 8.87 Å². The van der Waals surface area contributed by atoms with Crippen LogP contribution in [0.3, 0.4) is 0 Å². The van der Waals surface area contributed by atoms with Crippen LogP contribution in [0.5, 0.6) is 11.5 Å². The number of aliphatic hydroxyl groups is 1. The maximum Gasteiger partial charge on any atom is 0.252 e. The van der Waals surface area contributed by atoms with Gasteiger partial charge in [-0.15, -0.1) is 0 Å². The van der Waals surface area contributed by atoms with Crippen LogP contribution in [0.1, 0.15) is 43.4 Å². The fourth-order valence-electron chi connectivity index (χ4n) is 4.80. The number of piperidine rings is 1. The molecule has 0 spiro atoms. The number of nitrogens with one attached hydrogen (secondary N) is 1. The Balaban J connectivity index is 1.80. The summed E-state index contributed by atoms with van der Waals surface area (Å²) >= 11 is 0. The molecule has 4 rings (SSSR count). The molecule has 0 radical (unpaired) electrons. The quantitative estimate of drug-likeness (QED) is 0.458. The van der Waals surface area contributed by atoms with Crippen molar-refractivity contribution in [2.75, 3.05) is 24.7 Å². The molecule has 3 aromatic rings. The third-order valence-electron chi connectivity index (χ3n) is 7.11. The minimum absolute atomic E-state index is 0.000646. The molecule has 1 fully saturated rings. The van der Waals surface area contributed by atoms with Crippen LogP contribution in [-0.2, 0) is 22.7 Å². The first-order valence-electron chi connectivity index (χ1n) is 12.8. The van der Waals surface area contributed by atoms with Crippen molar-refractivity contribution in [2.45, 2.75) is 52.2 Å². The highest BCUT2D eigenvalue weighted by Crippen LogP contribution is 2.41. The lowest BCUT2D eigenvalue weighted by molar-refractivity contribution is 0.0786. The Morgan fingerprint density at radius 2 is 1.66 bits per heavy atom. The molecule has 1 aromatic heterocycles. The molecule has 0 atom stereocenters. The van der Waals surface area contributed by atoms with Crippen LogP contribution in [0.25, 0.3) is 11.1 Å². The molecule has 0 saturated carbocycles. The average molecular weight is 540 g/mol. The highest BCUT2D eigenvalue weighted by molar-refractivity contribution is 7.88. The van der Waals surface area contributed by atoms with E-state index in [9.17, 15) is 18.3 Å². The molecule has 0 bridgehead atoms. The maximum absolute atomic E-state index is 12.7. The number of hydrogen-bond acceptors (Lipinski definition) is 6. The second-order valence-electron chi connectivity index (χ2n) is 10.7. The van der Waals surface area contributed by atoms with Crippen LogP contribution in [0.4, 0.5) is 5.69 Å². The Morgan fingerprint density at radius 1 is 1.03 bits per heavy atom. The molecule has 0 unspecified atom stereocenters. The molecule has 2 aromatic carbocycles. The Kier molecular flexibility index (Phi) is 7.74. The Morgan fingerprint density at radius 3 is 2.24 bits per heavy atom. The largest absolute Gasteiger partial charge is 0.456 e. The molecule has 38 heavy (non-hydrogen) atoms. The summed E-state index contributed by atoms with van der Waals surface area (Å²) in [6.07, 6.45) is 4.25. The summed E-state index contributed by atoms with van der Waals surface area (Å²) in [4.78, 5) is 12.7. The lowest BCUT2D eigenvalue weighted by Gasteiger charge is -2.32. The van der Waals surface area contributed by atoms with E-state index >= 15 is 0 Å². The maximum atomic E-state index is 12.7. The normalized spacial score (nSPS) is 15.4. The summed E-state index contributed by atoms with van der Waals surface area (Å²) in [5.74, 6) is 1.36. The Bertz CT molecular complexity index is 1480. The van der Waals surface area contributed by atoms with Crippen molar-refractivity contribution in [2.24, 2.45) is 7.05 Å². The number of sulfonamides is 1. The van der Waals surface area contributed by atoms with E-state index in [1.54, 1.807) is 33.2 Å². The SMILES string of the molecule is Cc1cccc(C)c1Oc1ccc(C(C)(C)O)cc1-c1cn(C)c(=O)cc1NC1CCN(S(C)(=O)=O)CC1. The number of pyridine rings is 1. The summed E-state index contributed by atoms with van der Waals surface area (Å²) in [5, 5.41) is 14.3. The third-order valence-corrected chi connectivity index (χ3v) is 8.41. The molecule has 8 nitrogen and oxygen atoms in total. The van der Waals surface area contributed by atoms with Crippen molar-refractivity contribution in [1.29, 1.82) is 0 Å². The number of benzene rings is 2. The number of aromatic nitrogens is 1. The number of nitrogens with zero attached hydrogens (tertiary/aromatic N) is 2. The van der Waals surface area contributed by atoms with Gasteiger partial charge in [0.05, 0.1) is 11.9 Å². The van der Waals surface area contributed by atoms with Crippen LogP contribution < -0.4 is 15.6 Å². The first-order chi connectivity index (χ1) is 17.7. The average Bonchev–Trinajstić information content (AvgIpc) is 2.83. The van der Waals surface area contributed by atoms with E-state index in [2.05, 4.69) is 5.32 Å². The second-order valence-corrected chi connectivity index (χ2v) is 12.7. The number of hydrogen-bond donors (Lipinski definition) is 2. The zero-order valence-corrected chi connectivity index (χ0v) is 23.7.